The molecule has 1 aliphatic rings. The molecule has 3 heteroatoms. The Labute approximate surface area is 179 Å². The van der Waals surface area contributed by atoms with Gasteiger partial charge in [-0.3, -0.25) is 4.79 Å². The lowest BCUT2D eigenvalue weighted by molar-refractivity contribution is 0.0947. The summed E-state index contributed by atoms with van der Waals surface area (Å²) in [6.45, 7) is 8.82. The minimum Gasteiger partial charge on any atom is -0.267 e. The average Bonchev–Trinajstić information content (AvgIpc) is 3.15. The van der Waals surface area contributed by atoms with Crippen LogP contribution in [0.15, 0.2) is 60.7 Å². The maximum Gasteiger partial charge on any atom is 0.271 e. The van der Waals surface area contributed by atoms with Gasteiger partial charge in [-0.05, 0) is 43.2 Å². The van der Waals surface area contributed by atoms with Crippen LogP contribution in [0.5, 0.6) is 0 Å². The van der Waals surface area contributed by atoms with Gasteiger partial charge in [-0.1, -0.05) is 80.9 Å². The number of hydrogen-bond donors (Lipinski definition) is 0. The van der Waals surface area contributed by atoms with Crippen LogP contribution in [-0.2, 0) is 0 Å². The van der Waals surface area contributed by atoms with Crippen molar-refractivity contribution in [2.24, 2.45) is 5.92 Å². The Morgan fingerprint density at radius 1 is 1.07 bits per heavy atom. The summed E-state index contributed by atoms with van der Waals surface area (Å²) in [5, 5.41) is 4.89. The molecular formula is C27H30N2O. The Hall–Kier alpha value is -2.94. The van der Waals surface area contributed by atoms with Crippen LogP contribution in [-0.4, -0.2) is 15.7 Å². The van der Waals surface area contributed by atoms with Crippen LogP contribution in [0.25, 0.3) is 17.3 Å². The quantitative estimate of drug-likeness (QED) is 0.451. The van der Waals surface area contributed by atoms with Crippen molar-refractivity contribution in [3.63, 3.8) is 0 Å². The molecule has 0 aliphatic heterocycles. The number of hydrogen-bond acceptors (Lipinski definition) is 2. The molecule has 4 rings (SSSR count). The van der Waals surface area contributed by atoms with E-state index in [2.05, 4.69) is 52.0 Å². The van der Waals surface area contributed by atoms with Gasteiger partial charge < -0.3 is 0 Å². The Morgan fingerprint density at radius 2 is 1.77 bits per heavy atom. The van der Waals surface area contributed by atoms with Crippen molar-refractivity contribution in [1.82, 2.24) is 9.78 Å². The summed E-state index contributed by atoms with van der Waals surface area (Å²) >= 11 is 0. The van der Waals surface area contributed by atoms with Gasteiger partial charge in [0.05, 0.1) is 11.4 Å². The Bertz CT molecular complexity index is 1060. The summed E-state index contributed by atoms with van der Waals surface area (Å²) in [6, 6.07) is 18.5. The van der Waals surface area contributed by atoms with Crippen LogP contribution in [0.3, 0.4) is 0 Å². The Morgan fingerprint density at radius 3 is 2.43 bits per heavy atom. The maximum absolute atomic E-state index is 13.3. The molecule has 1 aromatic heterocycles. The maximum atomic E-state index is 13.3. The van der Waals surface area contributed by atoms with Crippen LogP contribution in [0.2, 0.25) is 0 Å². The third kappa shape index (κ3) is 3.89. The number of allylic oxidation sites excluding steroid dienone is 1. The summed E-state index contributed by atoms with van der Waals surface area (Å²) in [7, 11) is 0. The Kier molecular flexibility index (Phi) is 5.72. The highest BCUT2D eigenvalue weighted by atomic mass is 16.2. The first kappa shape index (κ1) is 20.3. The van der Waals surface area contributed by atoms with E-state index in [1.54, 1.807) is 10.8 Å². The first-order chi connectivity index (χ1) is 14.5. The van der Waals surface area contributed by atoms with Gasteiger partial charge in [-0.25, -0.2) is 4.68 Å². The van der Waals surface area contributed by atoms with E-state index in [0.29, 0.717) is 17.8 Å². The smallest absolute Gasteiger partial charge is 0.267 e. The van der Waals surface area contributed by atoms with E-state index in [9.17, 15) is 4.79 Å². The van der Waals surface area contributed by atoms with Crippen molar-refractivity contribution in [3.05, 3.63) is 83.1 Å². The Balaban J connectivity index is 1.80. The normalized spacial score (nSPS) is 18.7. The van der Waals surface area contributed by atoms with Crippen LogP contribution in [0.4, 0.5) is 0 Å². The van der Waals surface area contributed by atoms with Gasteiger partial charge in [-0.2, -0.15) is 5.10 Å². The van der Waals surface area contributed by atoms with E-state index in [1.165, 1.54) is 11.1 Å². The molecule has 0 N–H and O–H groups in total. The molecule has 3 nitrogen and oxygen atoms in total. The molecule has 0 spiro atoms. The minimum atomic E-state index is -0.0752. The van der Waals surface area contributed by atoms with Crippen molar-refractivity contribution < 1.29 is 4.79 Å². The molecule has 0 bridgehead atoms. The van der Waals surface area contributed by atoms with Gasteiger partial charge in [0.2, 0.25) is 0 Å². The van der Waals surface area contributed by atoms with E-state index < -0.39 is 0 Å². The number of carbonyl (C=O) groups excluding carboxylic acids is 1. The summed E-state index contributed by atoms with van der Waals surface area (Å²) in [5.41, 5.74) is 6.64. The number of carbonyl (C=O) groups is 1. The number of fused-ring (bicyclic) bond motifs is 1. The number of benzene rings is 2. The van der Waals surface area contributed by atoms with Crippen molar-refractivity contribution in [2.45, 2.75) is 52.4 Å². The molecule has 0 radical (unpaired) electrons. The number of nitrogens with zero attached hydrogens (tertiary/aromatic N) is 2. The van der Waals surface area contributed by atoms with E-state index in [-0.39, 0.29) is 5.91 Å². The molecule has 0 saturated carbocycles. The van der Waals surface area contributed by atoms with Crippen molar-refractivity contribution in [1.29, 1.82) is 0 Å². The molecule has 154 valence electrons. The largest absolute Gasteiger partial charge is 0.271 e. The number of rotatable bonds is 4. The predicted octanol–water partition coefficient (Wildman–Crippen LogP) is 6.85. The molecule has 2 aromatic carbocycles. The standard InChI is InChI=1S/C27H30N2O/c1-18(2)23-16-12-20(4)25-26(22-8-6-5-7-9-22)28-29(27(23)25)24(30)17-15-21-13-10-19(3)11-14-21/h5-11,13-15,17-18,20,23H,12,16H2,1-4H3/b17-15+/t20-,23+/m1/s1. The van der Waals surface area contributed by atoms with Crippen LogP contribution in [0.1, 0.15) is 72.6 Å². The van der Waals surface area contributed by atoms with Crippen molar-refractivity contribution in [2.75, 3.05) is 0 Å². The topological polar surface area (TPSA) is 34.9 Å². The monoisotopic (exact) mass is 398 g/mol. The first-order valence-corrected chi connectivity index (χ1v) is 10.9. The van der Waals surface area contributed by atoms with Crippen LogP contribution in [0, 0.1) is 12.8 Å². The molecule has 0 saturated heterocycles. The molecule has 3 aromatic rings. The summed E-state index contributed by atoms with van der Waals surface area (Å²) in [6.07, 6.45) is 5.77. The SMILES string of the molecule is Cc1ccc(/C=C/C(=O)n2nc(-c3ccccc3)c3c2[C@H](C(C)C)CC[C@H]3C)cc1. The van der Waals surface area contributed by atoms with E-state index >= 15 is 0 Å². The molecule has 1 heterocycles. The van der Waals surface area contributed by atoms with Gasteiger partial charge >= 0.3 is 0 Å². The first-order valence-electron chi connectivity index (χ1n) is 10.9. The van der Waals surface area contributed by atoms with Crippen LogP contribution < -0.4 is 0 Å². The molecule has 2 atom stereocenters. The molecule has 0 fully saturated rings. The lowest BCUT2D eigenvalue weighted by Crippen LogP contribution is -2.23. The third-order valence-corrected chi connectivity index (χ3v) is 6.27. The molecular weight excluding hydrogens is 368 g/mol. The summed E-state index contributed by atoms with van der Waals surface area (Å²) in [5.74, 6) is 1.13. The summed E-state index contributed by atoms with van der Waals surface area (Å²) in [4.78, 5) is 13.3. The minimum absolute atomic E-state index is 0.0752. The zero-order valence-electron chi connectivity index (χ0n) is 18.3. The highest BCUT2D eigenvalue weighted by Gasteiger charge is 2.35. The van der Waals surface area contributed by atoms with Gasteiger partial charge in [0, 0.05) is 23.1 Å². The highest BCUT2D eigenvalue weighted by molar-refractivity contribution is 5.94. The van der Waals surface area contributed by atoms with E-state index in [4.69, 9.17) is 5.10 Å². The second-order valence-corrected chi connectivity index (χ2v) is 8.84. The van der Waals surface area contributed by atoms with E-state index in [0.717, 1.165) is 35.4 Å². The van der Waals surface area contributed by atoms with Crippen molar-refractivity contribution in [3.8, 4) is 11.3 Å². The fourth-order valence-corrected chi connectivity index (χ4v) is 4.54. The highest BCUT2D eigenvalue weighted by Crippen LogP contribution is 2.46. The zero-order valence-corrected chi connectivity index (χ0v) is 18.3. The molecule has 30 heavy (non-hydrogen) atoms. The second-order valence-electron chi connectivity index (χ2n) is 8.84. The average molecular weight is 399 g/mol. The molecule has 0 amide bonds. The molecule has 0 unspecified atom stereocenters. The summed E-state index contributed by atoms with van der Waals surface area (Å²) < 4.78 is 1.68. The third-order valence-electron chi connectivity index (χ3n) is 6.27. The lowest BCUT2D eigenvalue weighted by atomic mass is 9.75. The second kappa shape index (κ2) is 8.43. The van der Waals surface area contributed by atoms with Gasteiger partial charge in [0.1, 0.15) is 0 Å². The number of aromatic nitrogens is 2. The van der Waals surface area contributed by atoms with Gasteiger partial charge in [-0.15, -0.1) is 0 Å². The van der Waals surface area contributed by atoms with Crippen molar-refractivity contribution >= 4 is 12.0 Å². The zero-order chi connectivity index (χ0) is 21.3. The predicted molar refractivity (Wildman–Crippen MR) is 124 cm³/mol. The van der Waals surface area contributed by atoms with Crippen LogP contribution >= 0.6 is 0 Å². The number of aryl methyl sites for hydroxylation is 1. The fraction of sp³-hybridized carbons (Fsp3) is 0.333. The molecule has 1 aliphatic carbocycles. The van der Waals surface area contributed by atoms with Gasteiger partial charge in [0.15, 0.2) is 0 Å². The van der Waals surface area contributed by atoms with Gasteiger partial charge in [0.25, 0.3) is 5.91 Å². The van der Waals surface area contributed by atoms with E-state index in [1.807, 2.05) is 36.4 Å². The lowest BCUT2D eigenvalue weighted by Gasteiger charge is -2.30. The fourth-order valence-electron chi connectivity index (χ4n) is 4.54.